The van der Waals surface area contributed by atoms with Crippen molar-refractivity contribution < 1.29 is 15.0 Å². The zero-order chi connectivity index (χ0) is 17.7. The van der Waals surface area contributed by atoms with Crippen LogP contribution in [0.2, 0.25) is 5.02 Å². The summed E-state index contributed by atoms with van der Waals surface area (Å²) < 4.78 is 0. The molecule has 0 saturated heterocycles. The lowest BCUT2D eigenvalue weighted by Crippen LogP contribution is -2.86. The molecule has 0 aliphatic carbocycles. The minimum atomic E-state index is -0.497. The lowest BCUT2D eigenvalue weighted by molar-refractivity contribution is -0.682. The van der Waals surface area contributed by atoms with Gasteiger partial charge in [-0.05, 0) is 31.5 Å². The van der Waals surface area contributed by atoms with E-state index in [-0.39, 0.29) is 29.9 Å². The van der Waals surface area contributed by atoms with Crippen LogP contribution in [0.5, 0.6) is 0 Å². The van der Waals surface area contributed by atoms with Gasteiger partial charge in [-0.25, -0.2) is 0 Å². The van der Waals surface area contributed by atoms with Crippen molar-refractivity contribution in [3.8, 4) is 0 Å². The first-order valence-corrected chi connectivity index (χ1v) is 7.89. The molecule has 2 aromatic rings. The van der Waals surface area contributed by atoms with Crippen LogP contribution in [0.3, 0.4) is 0 Å². The Kier molecular flexibility index (Phi) is 5.89. The summed E-state index contributed by atoms with van der Waals surface area (Å²) >= 11 is 5.86. The molecule has 0 radical (unpaired) electrons. The molecule has 0 aromatic heterocycles. The number of carbonyl (C=O) groups excluding carboxylic acids is 1. The van der Waals surface area contributed by atoms with Crippen molar-refractivity contribution in [1.29, 1.82) is 0 Å². The van der Waals surface area contributed by atoms with E-state index in [4.69, 9.17) is 11.6 Å². The van der Waals surface area contributed by atoms with Crippen LogP contribution in [-0.2, 0) is 4.79 Å². The molecule has 1 amide bonds. The first kappa shape index (κ1) is 17.9. The normalized spacial score (nSPS) is 11.8. The van der Waals surface area contributed by atoms with E-state index in [1.807, 2.05) is 24.4 Å². The Bertz CT molecular complexity index is 747. The van der Waals surface area contributed by atoms with Crippen molar-refractivity contribution in [2.24, 2.45) is 0 Å². The number of amides is 1. The fourth-order valence-electron chi connectivity index (χ4n) is 2.34. The number of para-hydroxylation sites is 1. The van der Waals surface area contributed by atoms with Gasteiger partial charge in [0.1, 0.15) is 11.7 Å². The lowest BCUT2D eigenvalue weighted by atomic mass is 10.1. The topological polar surface area (TPSA) is 88.9 Å². The Balaban J connectivity index is 1.99. The third-order valence-electron chi connectivity index (χ3n) is 3.76. The molecule has 126 valence electrons. The molecule has 0 fully saturated rings. The number of carbonyl (C=O) groups is 1. The number of hydrogen-bond acceptors (Lipinski definition) is 3. The summed E-state index contributed by atoms with van der Waals surface area (Å²) in [6, 6.07) is 12.2. The zero-order valence-electron chi connectivity index (χ0n) is 13.5. The Hall–Kier alpha value is -2.44. The Labute approximate surface area is 145 Å². The summed E-state index contributed by atoms with van der Waals surface area (Å²) in [6.07, 6.45) is 0. The molecule has 0 spiro atoms. The van der Waals surface area contributed by atoms with Gasteiger partial charge in [-0.3, -0.25) is 14.9 Å². The molecule has 0 bridgehead atoms. The fraction of sp³-hybridized carbons (Fsp3) is 0.235. The summed E-state index contributed by atoms with van der Waals surface area (Å²) in [5, 5.41) is 16.2. The van der Waals surface area contributed by atoms with Gasteiger partial charge in [0, 0.05) is 16.7 Å². The van der Waals surface area contributed by atoms with Crippen LogP contribution < -0.4 is 10.6 Å². The standard InChI is InChI=1S/C17H18ClN3O3/c1-11-4-3-5-15(21(23)24)17(11)20-16(22)10-19-12(2)13-6-8-14(18)9-7-13/h3-9,12,19H,10H2,1-2H3,(H,20,22)/p+1/t12-/m0/s1. The van der Waals surface area contributed by atoms with Crippen LogP contribution >= 0.6 is 11.6 Å². The van der Waals surface area contributed by atoms with Crippen LogP contribution in [0.25, 0.3) is 0 Å². The van der Waals surface area contributed by atoms with Crippen molar-refractivity contribution in [2.75, 3.05) is 11.9 Å². The number of quaternary nitrogens is 1. The predicted octanol–water partition coefficient (Wildman–Crippen LogP) is 2.82. The number of anilines is 1. The van der Waals surface area contributed by atoms with Crippen molar-refractivity contribution in [3.63, 3.8) is 0 Å². The van der Waals surface area contributed by atoms with Gasteiger partial charge in [-0.15, -0.1) is 0 Å². The maximum atomic E-state index is 12.1. The third kappa shape index (κ3) is 4.53. The highest BCUT2D eigenvalue weighted by atomic mass is 35.5. The van der Waals surface area contributed by atoms with Crippen molar-refractivity contribution >= 4 is 28.9 Å². The molecule has 2 aromatic carbocycles. The van der Waals surface area contributed by atoms with Gasteiger partial charge in [0.2, 0.25) is 0 Å². The monoisotopic (exact) mass is 348 g/mol. The maximum absolute atomic E-state index is 12.1. The summed E-state index contributed by atoms with van der Waals surface area (Å²) in [7, 11) is 0. The Morgan fingerprint density at radius 1 is 1.29 bits per heavy atom. The van der Waals surface area contributed by atoms with E-state index in [0.717, 1.165) is 5.56 Å². The van der Waals surface area contributed by atoms with Crippen LogP contribution in [0, 0.1) is 17.0 Å². The predicted molar refractivity (Wildman–Crippen MR) is 93.1 cm³/mol. The van der Waals surface area contributed by atoms with Crippen LogP contribution in [0.15, 0.2) is 42.5 Å². The Morgan fingerprint density at radius 3 is 2.58 bits per heavy atom. The molecule has 24 heavy (non-hydrogen) atoms. The van der Waals surface area contributed by atoms with Gasteiger partial charge in [-0.2, -0.15) is 0 Å². The van der Waals surface area contributed by atoms with Crippen LogP contribution in [0.1, 0.15) is 24.1 Å². The molecule has 2 rings (SSSR count). The van der Waals surface area contributed by atoms with Gasteiger partial charge in [0.25, 0.3) is 11.6 Å². The first-order valence-electron chi connectivity index (χ1n) is 7.51. The lowest BCUT2D eigenvalue weighted by Gasteiger charge is -2.12. The van der Waals surface area contributed by atoms with Gasteiger partial charge in [0.05, 0.1) is 4.92 Å². The van der Waals surface area contributed by atoms with Crippen molar-refractivity contribution in [1.82, 2.24) is 0 Å². The largest absolute Gasteiger partial charge is 0.333 e. The average molecular weight is 349 g/mol. The number of nitrogens with one attached hydrogen (secondary N) is 1. The molecule has 3 N–H and O–H groups in total. The average Bonchev–Trinajstić information content (AvgIpc) is 2.55. The summed E-state index contributed by atoms with van der Waals surface area (Å²) in [5.74, 6) is -0.284. The van der Waals surface area contributed by atoms with E-state index in [9.17, 15) is 14.9 Å². The number of benzene rings is 2. The molecule has 0 aliphatic rings. The molecular weight excluding hydrogens is 330 g/mol. The molecule has 0 saturated carbocycles. The molecule has 0 heterocycles. The molecule has 1 atom stereocenters. The number of rotatable bonds is 6. The van der Waals surface area contributed by atoms with Gasteiger partial charge in [0.15, 0.2) is 6.54 Å². The van der Waals surface area contributed by atoms with E-state index >= 15 is 0 Å². The number of nitro benzene ring substituents is 1. The molecular formula is C17H19ClN3O3+. The van der Waals surface area contributed by atoms with Crippen LogP contribution in [0.4, 0.5) is 11.4 Å². The number of nitrogens with two attached hydrogens (primary N) is 1. The maximum Gasteiger partial charge on any atom is 0.293 e. The van der Waals surface area contributed by atoms with E-state index in [0.29, 0.717) is 10.6 Å². The fourth-order valence-corrected chi connectivity index (χ4v) is 2.47. The van der Waals surface area contributed by atoms with Crippen molar-refractivity contribution in [3.05, 3.63) is 68.7 Å². The van der Waals surface area contributed by atoms with E-state index in [1.165, 1.54) is 6.07 Å². The van der Waals surface area contributed by atoms with E-state index in [1.54, 1.807) is 31.2 Å². The summed E-state index contributed by atoms with van der Waals surface area (Å²) in [5.41, 5.74) is 1.85. The van der Waals surface area contributed by atoms with E-state index < -0.39 is 4.92 Å². The second kappa shape index (κ2) is 7.90. The first-order chi connectivity index (χ1) is 11.4. The second-order valence-electron chi connectivity index (χ2n) is 5.55. The smallest absolute Gasteiger partial charge is 0.293 e. The molecule has 7 heteroatoms. The number of nitrogens with zero attached hydrogens (tertiary/aromatic N) is 1. The second-order valence-corrected chi connectivity index (χ2v) is 5.99. The highest BCUT2D eigenvalue weighted by molar-refractivity contribution is 6.30. The van der Waals surface area contributed by atoms with Gasteiger partial charge in [-0.1, -0.05) is 35.9 Å². The number of nitro groups is 1. The van der Waals surface area contributed by atoms with Crippen LogP contribution in [-0.4, -0.2) is 17.4 Å². The highest BCUT2D eigenvalue weighted by Gasteiger charge is 2.19. The summed E-state index contributed by atoms with van der Waals surface area (Å²) in [4.78, 5) is 22.7. The minimum Gasteiger partial charge on any atom is -0.333 e. The van der Waals surface area contributed by atoms with Gasteiger partial charge < -0.3 is 10.6 Å². The number of aryl methyl sites for hydroxylation is 1. The number of hydrogen-bond donors (Lipinski definition) is 2. The van der Waals surface area contributed by atoms with E-state index in [2.05, 4.69) is 5.32 Å². The molecule has 0 unspecified atom stereocenters. The molecule has 0 aliphatic heterocycles. The molecule has 6 nitrogen and oxygen atoms in total. The highest BCUT2D eigenvalue weighted by Crippen LogP contribution is 2.27. The Morgan fingerprint density at radius 2 is 1.96 bits per heavy atom. The zero-order valence-corrected chi connectivity index (χ0v) is 14.2. The quantitative estimate of drug-likeness (QED) is 0.621. The minimum absolute atomic E-state index is 0.0693. The summed E-state index contributed by atoms with van der Waals surface area (Å²) in [6.45, 7) is 3.87. The van der Waals surface area contributed by atoms with Gasteiger partial charge >= 0.3 is 0 Å². The third-order valence-corrected chi connectivity index (χ3v) is 4.02. The van der Waals surface area contributed by atoms with Crippen molar-refractivity contribution in [2.45, 2.75) is 19.9 Å². The SMILES string of the molecule is Cc1cccc([N+](=O)[O-])c1NC(=O)C[NH2+][C@@H](C)c1ccc(Cl)cc1. The number of halogens is 1.